The molecule has 0 bridgehead atoms. The van der Waals surface area contributed by atoms with Gasteiger partial charge in [-0.25, -0.2) is 4.98 Å². The fourth-order valence-corrected chi connectivity index (χ4v) is 5.86. The zero-order chi connectivity index (χ0) is 21.8. The number of fused-ring (bicyclic) bond motifs is 1. The summed E-state index contributed by atoms with van der Waals surface area (Å²) in [5, 5.41) is 12.4. The summed E-state index contributed by atoms with van der Waals surface area (Å²) < 4.78 is 4.27. The van der Waals surface area contributed by atoms with E-state index in [1.807, 2.05) is 43.3 Å². The number of para-hydroxylation sites is 1. The maximum Gasteiger partial charge on any atom is 0.234 e. The minimum Gasteiger partial charge on any atom is -0.325 e. The van der Waals surface area contributed by atoms with Crippen LogP contribution < -0.4 is 5.32 Å². The summed E-state index contributed by atoms with van der Waals surface area (Å²) in [6.45, 7) is 6.91. The van der Waals surface area contributed by atoms with Crippen LogP contribution in [0.4, 0.5) is 5.69 Å². The summed E-state index contributed by atoms with van der Waals surface area (Å²) >= 11 is 4.76. The zero-order valence-electron chi connectivity index (χ0n) is 17.6. The van der Waals surface area contributed by atoms with E-state index >= 15 is 0 Å². The Balaban J connectivity index is 1.36. The third-order valence-corrected chi connectivity index (χ3v) is 7.97. The highest BCUT2D eigenvalue weighted by Crippen LogP contribution is 2.31. The summed E-state index contributed by atoms with van der Waals surface area (Å²) in [6, 6.07) is 14.1. The number of nitrogens with zero attached hydrogens (tertiary/aromatic N) is 4. The van der Waals surface area contributed by atoms with Crippen LogP contribution in [0.3, 0.4) is 0 Å². The van der Waals surface area contributed by atoms with Crippen LogP contribution in [0.1, 0.15) is 23.9 Å². The average molecular weight is 470 g/mol. The van der Waals surface area contributed by atoms with Crippen LogP contribution in [-0.4, -0.2) is 31.4 Å². The number of amides is 1. The van der Waals surface area contributed by atoms with Crippen molar-refractivity contribution in [3.63, 3.8) is 0 Å². The minimum absolute atomic E-state index is 0.0516. The normalized spacial score (nSPS) is 11.2. The number of nitrogens with one attached hydrogen (secondary N) is 1. The van der Waals surface area contributed by atoms with Crippen LogP contribution in [0.5, 0.6) is 0 Å². The maximum absolute atomic E-state index is 12.4. The smallest absolute Gasteiger partial charge is 0.234 e. The molecule has 160 valence electrons. The van der Waals surface area contributed by atoms with Crippen molar-refractivity contribution < 1.29 is 4.79 Å². The molecular weight excluding hydrogens is 446 g/mol. The number of hydrogen-bond acceptors (Lipinski definition) is 7. The molecule has 2 aromatic heterocycles. The van der Waals surface area contributed by atoms with Gasteiger partial charge in [0.25, 0.3) is 0 Å². The molecule has 2 heterocycles. The second kappa shape index (κ2) is 9.84. The fourth-order valence-electron chi connectivity index (χ4n) is 3.04. The molecule has 0 radical (unpaired) electrons. The topological polar surface area (TPSA) is 72.7 Å². The maximum atomic E-state index is 12.4. The van der Waals surface area contributed by atoms with E-state index < -0.39 is 0 Å². The van der Waals surface area contributed by atoms with E-state index in [1.165, 1.54) is 22.0 Å². The van der Waals surface area contributed by atoms with Crippen LogP contribution in [0.15, 0.2) is 52.0 Å². The molecule has 9 heteroatoms. The van der Waals surface area contributed by atoms with Crippen molar-refractivity contribution in [2.45, 2.75) is 42.6 Å². The third kappa shape index (κ3) is 5.28. The number of aryl methyl sites for hydroxylation is 2. The molecule has 0 unspecified atom stereocenters. The molecule has 4 rings (SSSR count). The van der Waals surface area contributed by atoms with E-state index in [-0.39, 0.29) is 11.7 Å². The second-order valence-corrected chi connectivity index (χ2v) is 10.2. The molecule has 0 saturated heterocycles. The lowest BCUT2D eigenvalue weighted by atomic mass is 10.1. The highest BCUT2D eigenvalue weighted by Gasteiger charge is 2.15. The summed E-state index contributed by atoms with van der Waals surface area (Å²) in [5.41, 5.74) is 4.21. The van der Waals surface area contributed by atoms with Gasteiger partial charge < -0.3 is 9.88 Å². The predicted molar refractivity (Wildman–Crippen MR) is 130 cm³/mol. The Morgan fingerprint density at radius 3 is 2.71 bits per heavy atom. The molecule has 4 aromatic rings. The highest BCUT2D eigenvalue weighted by atomic mass is 32.2. The van der Waals surface area contributed by atoms with Crippen molar-refractivity contribution >= 4 is 56.7 Å². The lowest BCUT2D eigenvalue weighted by Crippen LogP contribution is -2.15. The van der Waals surface area contributed by atoms with Crippen molar-refractivity contribution in [3.8, 4) is 0 Å². The fraction of sp³-hybridized carbons (Fsp3) is 0.273. The second-order valence-electron chi connectivity index (χ2n) is 7.02. The first kappa shape index (κ1) is 21.9. The molecule has 1 amide bonds. The number of anilines is 1. The van der Waals surface area contributed by atoms with Gasteiger partial charge in [-0.15, -0.1) is 21.5 Å². The Morgan fingerprint density at radius 2 is 1.94 bits per heavy atom. The number of carbonyl (C=O) groups excluding carboxylic acids is 1. The molecule has 0 saturated carbocycles. The number of carbonyl (C=O) groups is 1. The molecule has 0 spiro atoms. The van der Waals surface area contributed by atoms with Crippen LogP contribution in [0, 0.1) is 13.8 Å². The van der Waals surface area contributed by atoms with Gasteiger partial charge in [0, 0.05) is 12.2 Å². The van der Waals surface area contributed by atoms with Crippen molar-refractivity contribution in [2.75, 3.05) is 11.1 Å². The molecule has 0 fully saturated rings. The Bertz CT molecular complexity index is 1180. The van der Waals surface area contributed by atoms with Gasteiger partial charge in [0.15, 0.2) is 9.50 Å². The average Bonchev–Trinajstić information content (AvgIpc) is 3.36. The molecule has 6 nitrogen and oxygen atoms in total. The number of thiazole rings is 1. The standard InChI is InChI=1S/C22H23N5OS3/c1-4-27-19(12-30-22-24-17-7-5-6-8-18(17)31-22)25-26-21(27)29-13-20(28)23-16-10-9-14(2)15(3)11-16/h5-11H,4,12-13H2,1-3H3,(H,23,28). The number of hydrogen-bond donors (Lipinski definition) is 1. The van der Waals surface area contributed by atoms with Gasteiger partial charge in [0.1, 0.15) is 5.82 Å². The molecule has 2 aromatic carbocycles. The van der Waals surface area contributed by atoms with Gasteiger partial charge in [-0.1, -0.05) is 41.7 Å². The van der Waals surface area contributed by atoms with E-state index in [4.69, 9.17) is 0 Å². The number of rotatable bonds is 8. The summed E-state index contributed by atoms with van der Waals surface area (Å²) in [4.78, 5) is 17.1. The van der Waals surface area contributed by atoms with Crippen molar-refractivity contribution in [1.29, 1.82) is 0 Å². The van der Waals surface area contributed by atoms with Crippen LogP contribution in [-0.2, 0) is 17.1 Å². The van der Waals surface area contributed by atoms with Crippen LogP contribution in [0.2, 0.25) is 0 Å². The Labute approximate surface area is 193 Å². The molecule has 1 N–H and O–H groups in total. The van der Waals surface area contributed by atoms with E-state index in [2.05, 4.69) is 45.0 Å². The quantitative estimate of drug-likeness (QED) is 0.341. The molecular formula is C22H23N5OS3. The number of thioether (sulfide) groups is 2. The Hall–Kier alpha value is -2.36. The van der Waals surface area contributed by atoms with Crippen molar-refractivity contribution in [3.05, 3.63) is 59.4 Å². The summed E-state index contributed by atoms with van der Waals surface area (Å²) in [5.74, 6) is 1.82. The van der Waals surface area contributed by atoms with E-state index in [1.54, 1.807) is 23.1 Å². The number of aromatic nitrogens is 4. The molecule has 0 aliphatic carbocycles. The van der Waals surface area contributed by atoms with E-state index in [9.17, 15) is 4.79 Å². The zero-order valence-corrected chi connectivity index (χ0v) is 20.0. The Kier molecular flexibility index (Phi) is 6.94. The first-order valence-corrected chi connectivity index (χ1v) is 12.7. The molecule has 31 heavy (non-hydrogen) atoms. The lowest BCUT2D eigenvalue weighted by Gasteiger charge is -2.08. The first-order valence-electron chi connectivity index (χ1n) is 9.94. The first-order chi connectivity index (χ1) is 15.0. The molecule has 0 atom stereocenters. The summed E-state index contributed by atoms with van der Waals surface area (Å²) in [7, 11) is 0. The van der Waals surface area contributed by atoms with Crippen molar-refractivity contribution in [2.24, 2.45) is 0 Å². The molecule has 0 aliphatic rings. The van der Waals surface area contributed by atoms with Crippen LogP contribution in [0.25, 0.3) is 10.2 Å². The van der Waals surface area contributed by atoms with Gasteiger partial charge in [-0.3, -0.25) is 4.79 Å². The third-order valence-electron chi connectivity index (χ3n) is 4.83. The van der Waals surface area contributed by atoms with E-state index in [0.717, 1.165) is 38.6 Å². The Morgan fingerprint density at radius 1 is 1.10 bits per heavy atom. The van der Waals surface area contributed by atoms with Gasteiger partial charge in [-0.05, 0) is 56.2 Å². The van der Waals surface area contributed by atoms with Gasteiger partial charge in [0.05, 0.1) is 21.7 Å². The SMILES string of the molecule is CCn1c(CSc2nc3ccccc3s2)nnc1SCC(=O)Nc1ccc(C)c(C)c1. The van der Waals surface area contributed by atoms with Gasteiger partial charge in [0.2, 0.25) is 5.91 Å². The summed E-state index contributed by atoms with van der Waals surface area (Å²) in [6.07, 6.45) is 0. The largest absolute Gasteiger partial charge is 0.325 e. The monoisotopic (exact) mass is 469 g/mol. The molecule has 0 aliphatic heterocycles. The predicted octanol–water partition coefficient (Wildman–Crippen LogP) is 5.55. The van der Waals surface area contributed by atoms with Gasteiger partial charge in [-0.2, -0.15) is 0 Å². The van der Waals surface area contributed by atoms with Gasteiger partial charge >= 0.3 is 0 Å². The highest BCUT2D eigenvalue weighted by molar-refractivity contribution is 8.00. The lowest BCUT2D eigenvalue weighted by molar-refractivity contribution is -0.113. The minimum atomic E-state index is -0.0516. The van der Waals surface area contributed by atoms with Crippen molar-refractivity contribution in [1.82, 2.24) is 19.7 Å². The van der Waals surface area contributed by atoms with Crippen LogP contribution >= 0.6 is 34.9 Å². The number of benzene rings is 2. The van der Waals surface area contributed by atoms with E-state index in [0.29, 0.717) is 5.75 Å².